The standard InChI is InChI=1S/C24H35N5O.HI/c1-7-25-24(26-16-19-10-14-21(15-11-19)23(30)29(5)6)27-17-22(28(3)4)20-12-8-18(2)9-13-20;/h8-15,22H,7,16-17H2,1-6H3,(H2,25,26,27);1H. The van der Waals surface area contributed by atoms with Crippen LogP contribution in [0.2, 0.25) is 0 Å². The summed E-state index contributed by atoms with van der Waals surface area (Å²) in [5, 5.41) is 6.78. The van der Waals surface area contributed by atoms with Gasteiger partial charge in [-0.3, -0.25) is 4.79 Å². The number of carbonyl (C=O) groups is 1. The van der Waals surface area contributed by atoms with E-state index in [2.05, 4.69) is 67.7 Å². The van der Waals surface area contributed by atoms with E-state index in [4.69, 9.17) is 4.99 Å². The number of rotatable bonds is 8. The predicted octanol–water partition coefficient (Wildman–Crippen LogP) is 3.67. The summed E-state index contributed by atoms with van der Waals surface area (Å²) in [5.41, 5.74) is 4.28. The highest BCUT2D eigenvalue weighted by Crippen LogP contribution is 2.18. The van der Waals surface area contributed by atoms with Crippen LogP contribution in [0.5, 0.6) is 0 Å². The minimum absolute atomic E-state index is 0. The molecule has 0 aliphatic carbocycles. The van der Waals surface area contributed by atoms with Gasteiger partial charge in [-0.15, -0.1) is 24.0 Å². The minimum atomic E-state index is 0. The number of benzene rings is 2. The van der Waals surface area contributed by atoms with Gasteiger partial charge >= 0.3 is 0 Å². The van der Waals surface area contributed by atoms with Crippen LogP contribution in [0.4, 0.5) is 0 Å². The lowest BCUT2D eigenvalue weighted by Crippen LogP contribution is -2.41. The van der Waals surface area contributed by atoms with Gasteiger partial charge in [-0.05, 0) is 51.2 Å². The summed E-state index contributed by atoms with van der Waals surface area (Å²) in [6.07, 6.45) is 0. The van der Waals surface area contributed by atoms with E-state index in [1.807, 2.05) is 24.3 Å². The van der Waals surface area contributed by atoms with Crippen LogP contribution in [0.15, 0.2) is 53.5 Å². The number of halogens is 1. The van der Waals surface area contributed by atoms with Crippen LogP contribution >= 0.6 is 24.0 Å². The zero-order valence-corrected chi connectivity index (χ0v) is 21.8. The molecule has 0 radical (unpaired) electrons. The summed E-state index contributed by atoms with van der Waals surface area (Å²) >= 11 is 0. The van der Waals surface area contributed by atoms with E-state index < -0.39 is 0 Å². The maximum absolute atomic E-state index is 12.0. The van der Waals surface area contributed by atoms with Crippen molar-refractivity contribution in [3.05, 3.63) is 70.8 Å². The van der Waals surface area contributed by atoms with Crippen LogP contribution in [0.3, 0.4) is 0 Å². The van der Waals surface area contributed by atoms with Gasteiger partial charge < -0.3 is 20.4 Å². The molecule has 0 saturated carbocycles. The summed E-state index contributed by atoms with van der Waals surface area (Å²) in [4.78, 5) is 20.5. The fourth-order valence-corrected chi connectivity index (χ4v) is 3.10. The molecule has 2 aromatic rings. The topological polar surface area (TPSA) is 60.0 Å². The number of amides is 1. The lowest BCUT2D eigenvalue weighted by Gasteiger charge is -2.26. The third-order valence-corrected chi connectivity index (χ3v) is 4.92. The molecule has 7 heteroatoms. The average Bonchev–Trinajstić information content (AvgIpc) is 2.72. The Morgan fingerprint density at radius 2 is 1.58 bits per heavy atom. The van der Waals surface area contributed by atoms with Crippen molar-refractivity contribution < 1.29 is 4.79 Å². The predicted molar refractivity (Wildman–Crippen MR) is 140 cm³/mol. The second-order valence-corrected chi connectivity index (χ2v) is 7.86. The molecular weight excluding hydrogens is 501 g/mol. The average molecular weight is 537 g/mol. The Kier molecular flexibility index (Phi) is 11.6. The quantitative estimate of drug-likeness (QED) is 0.307. The molecule has 1 unspecified atom stereocenters. The molecule has 0 spiro atoms. The molecule has 170 valence electrons. The Labute approximate surface area is 204 Å². The molecule has 0 aromatic heterocycles. The van der Waals surface area contributed by atoms with Crippen LogP contribution in [0.25, 0.3) is 0 Å². The van der Waals surface area contributed by atoms with Crippen molar-refractivity contribution in [3.63, 3.8) is 0 Å². The molecule has 0 aliphatic rings. The van der Waals surface area contributed by atoms with Crippen molar-refractivity contribution in [1.29, 1.82) is 0 Å². The van der Waals surface area contributed by atoms with Crippen LogP contribution in [-0.2, 0) is 6.54 Å². The first-order chi connectivity index (χ1) is 14.3. The lowest BCUT2D eigenvalue weighted by molar-refractivity contribution is 0.0827. The molecule has 2 aromatic carbocycles. The van der Waals surface area contributed by atoms with Crippen molar-refractivity contribution in [2.24, 2.45) is 4.99 Å². The van der Waals surface area contributed by atoms with Gasteiger partial charge in [0.25, 0.3) is 5.91 Å². The first-order valence-electron chi connectivity index (χ1n) is 10.4. The molecule has 0 heterocycles. The second kappa shape index (κ2) is 13.3. The maximum Gasteiger partial charge on any atom is 0.253 e. The maximum atomic E-state index is 12.0. The van der Waals surface area contributed by atoms with E-state index in [0.29, 0.717) is 12.1 Å². The van der Waals surface area contributed by atoms with Gasteiger partial charge in [0, 0.05) is 32.7 Å². The van der Waals surface area contributed by atoms with E-state index in [1.54, 1.807) is 19.0 Å². The number of likely N-dealkylation sites (N-methyl/N-ethyl adjacent to an activating group) is 1. The van der Waals surface area contributed by atoms with Crippen LogP contribution in [0.1, 0.15) is 40.0 Å². The molecule has 6 nitrogen and oxygen atoms in total. The number of hydrogen-bond donors (Lipinski definition) is 2. The Hall–Kier alpha value is -2.13. The number of aryl methyl sites for hydroxylation is 1. The van der Waals surface area contributed by atoms with Gasteiger partial charge in [-0.1, -0.05) is 42.0 Å². The van der Waals surface area contributed by atoms with Crippen molar-refractivity contribution in [3.8, 4) is 0 Å². The lowest BCUT2D eigenvalue weighted by atomic mass is 10.0. The number of aliphatic imine (C=N–C) groups is 1. The van der Waals surface area contributed by atoms with E-state index in [-0.39, 0.29) is 35.9 Å². The first kappa shape index (κ1) is 26.9. The highest BCUT2D eigenvalue weighted by molar-refractivity contribution is 14.0. The number of nitrogens with zero attached hydrogens (tertiary/aromatic N) is 3. The molecule has 0 bridgehead atoms. The van der Waals surface area contributed by atoms with Gasteiger partial charge in [-0.25, -0.2) is 4.99 Å². The van der Waals surface area contributed by atoms with Gasteiger partial charge in [0.2, 0.25) is 0 Å². The summed E-state index contributed by atoms with van der Waals surface area (Å²) in [7, 11) is 7.69. The zero-order chi connectivity index (χ0) is 22.1. The van der Waals surface area contributed by atoms with Crippen molar-refractivity contribution in [1.82, 2.24) is 20.4 Å². The molecule has 1 amide bonds. The molecular formula is C24H36IN5O. The van der Waals surface area contributed by atoms with Gasteiger partial charge in [0.05, 0.1) is 12.6 Å². The highest BCUT2D eigenvalue weighted by atomic mass is 127. The minimum Gasteiger partial charge on any atom is -0.357 e. The fourth-order valence-electron chi connectivity index (χ4n) is 3.10. The Morgan fingerprint density at radius 3 is 2.10 bits per heavy atom. The smallest absolute Gasteiger partial charge is 0.253 e. The van der Waals surface area contributed by atoms with E-state index >= 15 is 0 Å². The number of carbonyl (C=O) groups excluding carboxylic acids is 1. The summed E-state index contributed by atoms with van der Waals surface area (Å²) in [6.45, 7) is 6.24. The summed E-state index contributed by atoms with van der Waals surface area (Å²) < 4.78 is 0. The van der Waals surface area contributed by atoms with Crippen molar-refractivity contribution in [2.45, 2.75) is 26.4 Å². The molecule has 2 rings (SSSR count). The fraction of sp³-hybridized carbons (Fsp3) is 0.417. The Bertz CT molecular complexity index is 832. The third kappa shape index (κ3) is 8.49. The molecule has 2 N–H and O–H groups in total. The largest absolute Gasteiger partial charge is 0.357 e. The zero-order valence-electron chi connectivity index (χ0n) is 19.5. The molecule has 0 aliphatic heterocycles. The Balaban J connectivity index is 0.00000480. The monoisotopic (exact) mass is 537 g/mol. The number of nitrogens with one attached hydrogen (secondary N) is 2. The molecule has 0 fully saturated rings. The van der Waals surface area contributed by atoms with Gasteiger partial charge in [-0.2, -0.15) is 0 Å². The normalized spacial score (nSPS) is 12.2. The van der Waals surface area contributed by atoms with Gasteiger partial charge in [0.1, 0.15) is 0 Å². The summed E-state index contributed by atoms with van der Waals surface area (Å²) in [6, 6.07) is 16.5. The SMILES string of the molecule is CCNC(=NCc1ccc(C(=O)N(C)C)cc1)NCC(c1ccc(C)cc1)N(C)C.I. The summed E-state index contributed by atoms with van der Waals surface area (Å²) in [5.74, 6) is 0.788. The number of guanidine groups is 1. The third-order valence-electron chi connectivity index (χ3n) is 4.92. The van der Waals surface area contributed by atoms with Crippen LogP contribution in [0, 0.1) is 6.92 Å². The van der Waals surface area contributed by atoms with Crippen LogP contribution in [-0.4, -0.2) is 62.9 Å². The van der Waals surface area contributed by atoms with E-state index in [0.717, 1.165) is 24.6 Å². The molecule has 31 heavy (non-hydrogen) atoms. The van der Waals surface area contributed by atoms with E-state index in [9.17, 15) is 4.79 Å². The van der Waals surface area contributed by atoms with E-state index in [1.165, 1.54) is 11.1 Å². The van der Waals surface area contributed by atoms with Gasteiger partial charge in [0.15, 0.2) is 5.96 Å². The second-order valence-electron chi connectivity index (χ2n) is 7.86. The molecule has 0 saturated heterocycles. The first-order valence-corrected chi connectivity index (χ1v) is 10.4. The molecule has 1 atom stereocenters. The highest BCUT2D eigenvalue weighted by Gasteiger charge is 2.14. The van der Waals surface area contributed by atoms with Crippen LogP contribution < -0.4 is 10.6 Å². The van der Waals surface area contributed by atoms with Crippen molar-refractivity contribution in [2.75, 3.05) is 41.3 Å². The number of hydrogen-bond acceptors (Lipinski definition) is 3. The Morgan fingerprint density at radius 1 is 0.968 bits per heavy atom. The van der Waals surface area contributed by atoms with Crippen molar-refractivity contribution >= 4 is 35.8 Å².